The molecule has 21 heavy (non-hydrogen) atoms. The van der Waals surface area contributed by atoms with Gasteiger partial charge in [-0.25, -0.2) is 4.39 Å². The maximum Gasteiger partial charge on any atom is 0.129 e. The van der Waals surface area contributed by atoms with E-state index < -0.39 is 0 Å². The molecule has 0 aliphatic heterocycles. The molecule has 0 amide bonds. The second-order valence-corrected chi connectivity index (χ2v) is 6.91. The number of rotatable bonds is 7. The van der Waals surface area contributed by atoms with Crippen LogP contribution in [0.4, 0.5) is 10.1 Å². The lowest BCUT2D eigenvalue weighted by Gasteiger charge is -2.22. The predicted octanol–water partition coefficient (Wildman–Crippen LogP) is 4.79. The van der Waals surface area contributed by atoms with Crippen LogP contribution in [0.1, 0.15) is 23.8 Å². The zero-order valence-corrected chi connectivity index (χ0v) is 14.7. The summed E-state index contributed by atoms with van der Waals surface area (Å²) in [7, 11) is 2.01. The molecule has 0 spiro atoms. The maximum absolute atomic E-state index is 14.1. The quantitative estimate of drug-likeness (QED) is 0.705. The summed E-state index contributed by atoms with van der Waals surface area (Å²) >= 11 is 5.17. The number of anilines is 1. The molecule has 0 unspecified atom stereocenters. The fourth-order valence-corrected chi connectivity index (χ4v) is 3.73. The van der Waals surface area contributed by atoms with Gasteiger partial charge < -0.3 is 10.2 Å². The predicted molar refractivity (Wildman–Crippen MR) is 92.5 cm³/mol. The van der Waals surface area contributed by atoms with Crippen LogP contribution in [0.15, 0.2) is 34.1 Å². The van der Waals surface area contributed by atoms with Crippen molar-refractivity contribution in [2.45, 2.75) is 26.4 Å². The summed E-state index contributed by atoms with van der Waals surface area (Å²) in [4.78, 5) is 3.35. The molecule has 0 aliphatic carbocycles. The molecule has 0 saturated heterocycles. The van der Waals surface area contributed by atoms with Gasteiger partial charge in [-0.1, -0.05) is 13.0 Å². The summed E-state index contributed by atoms with van der Waals surface area (Å²) in [6, 6.07) is 7.39. The Bertz CT molecular complexity index is 585. The Morgan fingerprint density at radius 3 is 2.86 bits per heavy atom. The summed E-state index contributed by atoms with van der Waals surface area (Å²) in [5, 5.41) is 5.35. The highest BCUT2D eigenvalue weighted by Crippen LogP contribution is 2.26. The molecule has 1 heterocycles. The van der Waals surface area contributed by atoms with E-state index in [1.54, 1.807) is 17.4 Å². The van der Waals surface area contributed by atoms with Gasteiger partial charge in [-0.3, -0.25) is 0 Å². The second kappa shape index (κ2) is 7.92. The summed E-state index contributed by atoms with van der Waals surface area (Å²) in [5.41, 5.74) is 1.69. The molecular formula is C16H20BrFN2S. The first kappa shape index (κ1) is 16.5. The molecular weight excluding hydrogens is 351 g/mol. The van der Waals surface area contributed by atoms with Gasteiger partial charge in [0.05, 0.1) is 6.54 Å². The molecule has 0 saturated carbocycles. The van der Waals surface area contributed by atoms with Gasteiger partial charge in [0.2, 0.25) is 0 Å². The van der Waals surface area contributed by atoms with E-state index in [0.717, 1.165) is 35.2 Å². The van der Waals surface area contributed by atoms with Crippen molar-refractivity contribution in [2.24, 2.45) is 0 Å². The van der Waals surface area contributed by atoms with E-state index in [1.165, 1.54) is 10.9 Å². The second-order valence-electron chi connectivity index (χ2n) is 5.00. The standard InChI is InChI=1S/C16H20BrFN2S/c1-3-7-19-9-14-15(18)5-4-6-16(14)20(2)10-13-8-12(17)11-21-13/h4-6,8,11,19H,3,7,9-10H2,1-2H3. The van der Waals surface area contributed by atoms with Gasteiger partial charge in [0, 0.05) is 39.6 Å². The highest BCUT2D eigenvalue weighted by atomic mass is 79.9. The van der Waals surface area contributed by atoms with Crippen molar-refractivity contribution in [2.75, 3.05) is 18.5 Å². The summed E-state index contributed by atoms with van der Waals surface area (Å²) in [6.07, 6.45) is 1.04. The number of hydrogen-bond donors (Lipinski definition) is 1. The van der Waals surface area contributed by atoms with Crippen LogP contribution in [-0.4, -0.2) is 13.6 Å². The minimum atomic E-state index is -0.143. The van der Waals surface area contributed by atoms with Crippen LogP contribution in [0.5, 0.6) is 0 Å². The van der Waals surface area contributed by atoms with E-state index in [2.05, 4.69) is 44.5 Å². The van der Waals surface area contributed by atoms with E-state index in [4.69, 9.17) is 0 Å². The Balaban J connectivity index is 2.15. The minimum Gasteiger partial charge on any atom is -0.369 e. The van der Waals surface area contributed by atoms with Crippen LogP contribution in [0.2, 0.25) is 0 Å². The largest absolute Gasteiger partial charge is 0.369 e. The molecule has 0 bridgehead atoms. The first-order chi connectivity index (χ1) is 10.1. The van der Waals surface area contributed by atoms with E-state index in [1.807, 2.05) is 13.1 Å². The topological polar surface area (TPSA) is 15.3 Å². The van der Waals surface area contributed by atoms with Crippen LogP contribution in [0.25, 0.3) is 0 Å². The molecule has 0 radical (unpaired) electrons. The lowest BCUT2D eigenvalue weighted by atomic mass is 10.1. The first-order valence-electron chi connectivity index (χ1n) is 7.04. The Morgan fingerprint density at radius 1 is 1.38 bits per heavy atom. The van der Waals surface area contributed by atoms with Gasteiger partial charge in [0.15, 0.2) is 0 Å². The number of hydrogen-bond acceptors (Lipinski definition) is 3. The smallest absolute Gasteiger partial charge is 0.129 e. The van der Waals surface area contributed by atoms with Crippen molar-refractivity contribution in [1.29, 1.82) is 0 Å². The molecule has 1 N–H and O–H groups in total. The highest BCUT2D eigenvalue weighted by molar-refractivity contribution is 9.10. The Kier molecular flexibility index (Phi) is 6.21. The van der Waals surface area contributed by atoms with Crippen molar-refractivity contribution in [3.8, 4) is 0 Å². The Labute approximate surface area is 138 Å². The van der Waals surface area contributed by atoms with Gasteiger partial charge in [-0.05, 0) is 47.1 Å². The Hall–Kier alpha value is -0.910. The van der Waals surface area contributed by atoms with Gasteiger partial charge in [0.25, 0.3) is 0 Å². The molecule has 0 aliphatic rings. The van der Waals surface area contributed by atoms with Crippen LogP contribution in [0.3, 0.4) is 0 Å². The normalized spacial score (nSPS) is 10.9. The number of benzene rings is 1. The fourth-order valence-electron chi connectivity index (χ4n) is 2.23. The molecule has 5 heteroatoms. The van der Waals surface area contributed by atoms with Crippen LogP contribution in [-0.2, 0) is 13.1 Å². The molecule has 2 nitrogen and oxygen atoms in total. The third kappa shape index (κ3) is 4.53. The van der Waals surface area contributed by atoms with Crippen molar-refractivity contribution in [3.05, 3.63) is 50.4 Å². The van der Waals surface area contributed by atoms with E-state index >= 15 is 0 Å². The number of nitrogens with zero attached hydrogens (tertiary/aromatic N) is 1. The van der Waals surface area contributed by atoms with Crippen LogP contribution in [0, 0.1) is 5.82 Å². The van der Waals surface area contributed by atoms with Crippen molar-refractivity contribution in [3.63, 3.8) is 0 Å². The molecule has 2 aromatic rings. The molecule has 1 aromatic heterocycles. The third-order valence-corrected chi connectivity index (χ3v) is 4.93. The highest BCUT2D eigenvalue weighted by Gasteiger charge is 2.12. The van der Waals surface area contributed by atoms with Crippen molar-refractivity contribution < 1.29 is 4.39 Å². The van der Waals surface area contributed by atoms with Gasteiger partial charge in [0.1, 0.15) is 5.82 Å². The number of thiophene rings is 1. The maximum atomic E-state index is 14.1. The van der Waals surface area contributed by atoms with Crippen molar-refractivity contribution in [1.82, 2.24) is 5.32 Å². The lowest BCUT2D eigenvalue weighted by molar-refractivity contribution is 0.585. The van der Waals surface area contributed by atoms with Crippen LogP contribution >= 0.6 is 27.3 Å². The average molecular weight is 371 g/mol. The van der Waals surface area contributed by atoms with Crippen LogP contribution < -0.4 is 10.2 Å². The molecule has 2 rings (SSSR count). The first-order valence-corrected chi connectivity index (χ1v) is 8.71. The molecule has 0 atom stereocenters. The average Bonchev–Trinajstić information content (AvgIpc) is 2.86. The summed E-state index contributed by atoms with van der Waals surface area (Å²) in [5.74, 6) is -0.143. The van der Waals surface area contributed by atoms with E-state index in [-0.39, 0.29) is 5.82 Å². The number of halogens is 2. The summed E-state index contributed by atoms with van der Waals surface area (Å²) in [6.45, 7) is 4.35. The fraction of sp³-hybridized carbons (Fsp3) is 0.375. The minimum absolute atomic E-state index is 0.143. The van der Waals surface area contributed by atoms with E-state index in [0.29, 0.717) is 6.54 Å². The molecule has 1 aromatic carbocycles. The monoisotopic (exact) mass is 370 g/mol. The van der Waals surface area contributed by atoms with Gasteiger partial charge in [-0.15, -0.1) is 11.3 Å². The van der Waals surface area contributed by atoms with Crippen molar-refractivity contribution >= 4 is 33.0 Å². The SMILES string of the molecule is CCCNCc1c(F)cccc1N(C)Cc1cc(Br)cs1. The zero-order valence-electron chi connectivity index (χ0n) is 12.3. The third-order valence-electron chi connectivity index (χ3n) is 3.25. The zero-order chi connectivity index (χ0) is 15.2. The van der Waals surface area contributed by atoms with E-state index in [9.17, 15) is 4.39 Å². The lowest BCUT2D eigenvalue weighted by Crippen LogP contribution is -2.21. The molecule has 0 fully saturated rings. The van der Waals surface area contributed by atoms with Gasteiger partial charge >= 0.3 is 0 Å². The summed E-state index contributed by atoms with van der Waals surface area (Å²) < 4.78 is 15.2. The number of nitrogens with one attached hydrogen (secondary N) is 1. The van der Waals surface area contributed by atoms with Gasteiger partial charge in [-0.2, -0.15) is 0 Å². The molecule has 114 valence electrons. The Morgan fingerprint density at radius 2 is 2.19 bits per heavy atom.